The van der Waals surface area contributed by atoms with Gasteiger partial charge in [-0.1, -0.05) is 29.4 Å². The van der Waals surface area contributed by atoms with Gasteiger partial charge >= 0.3 is 0 Å². The van der Waals surface area contributed by atoms with E-state index in [1.807, 2.05) is 0 Å². The van der Waals surface area contributed by atoms with Crippen LogP contribution in [0.15, 0.2) is 11.1 Å². The van der Waals surface area contributed by atoms with Gasteiger partial charge in [-0.15, -0.1) is 0 Å². The van der Waals surface area contributed by atoms with Crippen LogP contribution in [0.5, 0.6) is 0 Å². The quantitative estimate of drug-likeness (QED) is 0.799. The first-order valence-electron chi connectivity index (χ1n) is 5.01. The highest BCUT2D eigenvalue weighted by Gasteiger charge is 2.21. The Morgan fingerprint density at radius 1 is 1.69 bits per heavy atom. The fourth-order valence-electron chi connectivity index (χ4n) is 1.73. The van der Waals surface area contributed by atoms with Crippen LogP contribution in [0.1, 0.15) is 19.8 Å². The van der Waals surface area contributed by atoms with Gasteiger partial charge in [-0.25, -0.2) is 0 Å². The van der Waals surface area contributed by atoms with Gasteiger partial charge in [0.15, 0.2) is 0 Å². The van der Waals surface area contributed by atoms with Crippen molar-refractivity contribution < 1.29 is 0 Å². The SMILES string of the molecule is C=C(Br)CN1CCC(NCCC)C1. The molecule has 1 unspecified atom stereocenters. The van der Waals surface area contributed by atoms with E-state index in [-0.39, 0.29) is 0 Å². The molecule has 1 rings (SSSR count). The van der Waals surface area contributed by atoms with Gasteiger partial charge in [0.05, 0.1) is 0 Å². The van der Waals surface area contributed by atoms with Crippen LogP contribution >= 0.6 is 15.9 Å². The Morgan fingerprint density at radius 2 is 2.46 bits per heavy atom. The normalized spacial score (nSPS) is 23.7. The highest BCUT2D eigenvalue weighted by Crippen LogP contribution is 2.12. The first kappa shape index (κ1) is 11.2. The van der Waals surface area contributed by atoms with Crippen LogP contribution in [0.25, 0.3) is 0 Å². The molecule has 1 saturated heterocycles. The second-order valence-electron chi connectivity index (χ2n) is 3.69. The van der Waals surface area contributed by atoms with E-state index in [9.17, 15) is 0 Å². The zero-order chi connectivity index (χ0) is 9.68. The molecular weight excluding hydrogens is 228 g/mol. The Morgan fingerprint density at radius 3 is 3.08 bits per heavy atom. The van der Waals surface area contributed by atoms with Crippen LogP contribution in [0.3, 0.4) is 0 Å². The van der Waals surface area contributed by atoms with Crippen LogP contribution in [0.2, 0.25) is 0 Å². The molecule has 1 atom stereocenters. The van der Waals surface area contributed by atoms with E-state index < -0.39 is 0 Å². The van der Waals surface area contributed by atoms with Crippen molar-refractivity contribution in [2.75, 3.05) is 26.2 Å². The Hall–Kier alpha value is 0.140. The summed E-state index contributed by atoms with van der Waals surface area (Å²) in [6.45, 7) is 10.6. The maximum atomic E-state index is 3.86. The molecular formula is C10H19BrN2. The fourth-order valence-corrected chi connectivity index (χ4v) is 2.09. The van der Waals surface area contributed by atoms with Crippen LogP contribution in [-0.2, 0) is 0 Å². The molecule has 1 fully saturated rings. The number of likely N-dealkylation sites (tertiary alicyclic amines) is 1. The Balaban J connectivity index is 2.16. The lowest BCUT2D eigenvalue weighted by Crippen LogP contribution is -2.33. The summed E-state index contributed by atoms with van der Waals surface area (Å²) in [6.07, 6.45) is 2.50. The average molecular weight is 247 g/mol. The molecule has 2 nitrogen and oxygen atoms in total. The first-order chi connectivity index (χ1) is 6.22. The minimum Gasteiger partial charge on any atom is -0.313 e. The number of hydrogen-bond acceptors (Lipinski definition) is 2. The summed E-state index contributed by atoms with van der Waals surface area (Å²) in [7, 11) is 0. The van der Waals surface area contributed by atoms with Gasteiger partial charge in [0.2, 0.25) is 0 Å². The maximum absolute atomic E-state index is 3.86. The third-order valence-electron chi connectivity index (χ3n) is 2.35. The number of halogens is 1. The third-order valence-corrected chi connectivity index (χ3v) is 2.60. The van der Waals surface area contributed by atoms with E-state index in [1.54, 1.807) is 0 Å². The zero-order valence-electron chi connectivity index (χ0n) is 8.35. The molecule has 0 amide bonds. The van der Waals surface area contributed by atoms with Crippen LogP contribution < -0.4 is 5.32 Å². The van der Waals surface area contributed by atoms with Crippen molar-refractivity contribution in [3.8, 4) is 0 Å². The molecule has 13 heavy (non-hydrogen) atoms. The highest BCUT2D eigenvalue weighted by molar-refractivity contribution is 9.11. The van der Waals surface area contributed by atoms with Gasteiger partial charge in [0.1, 0.15) is 0 Å². The van der Waals surface area contributed by atoms with Crippen LogP contribution in [-0.4, -0.2) is 37.1 Å². The van der Waals surface area contributed by atoms with Gasteiger partial charge in [-0.2, -0.15) is 0 Å². The number of rotatable bonds is 5. The monoisotopic (exact) mass is 246 g/mol. The second-order valence-corrected chi connectivity index (χ2v) is 4.81. The topological polar surface area (TPSA) is 15.3 Å². The molecule has 1 N–H and O–H groups in total. The molecule has 0 aromatic rings. The summed E-state index contributed by atoms with van der Waals surface area (Å²) in [6, 6.07) is 0.701. The standard InChI is InChI=1S/C10H19BrN2/c1-3-5-12-10-4-6-13(8-10)7-9(2)11/h10,12H,2-8H2,1H3. The summed E-state index contributed by atoms with van der Waals surface area (Å²) >= 11 is 3.40. The van der Waals surface area contributed by atoms with Gasteiger partial charge in [-0.05, 0) is 19.4 Å². The number of nitrogens with zero attached hydrogens (tertiary/aromatic N) is 1. The lowest BCUT2D eigenvalue weighted by Gasteiger charge is -2.15. The van der Waals surface area contributed by atoms with Gasteiger partial charge in [-0.3, -0.25) is 4.90 Å². The largest absolute Gasteiger partial charge is 0.313 e. The molecule has 0 saturated carbocycles. The van der Waals surface area contributed by atoms with Crippen molar-refractivity contribution in [2.45, 2.75) is 25.8 Å². The number of nitrogens with one attached hydrogen (secondary N) is 1. The van der Waals surface area contributed by atoms with Crippen LogP contribution in [0.4, 0.5) is 0 Å². The second kappa shape index (κ2) is 5.78. The molecule has 0 aromatic heterocycles. The molecule has 0 aromatic carbocycles. The molecule has 0 aliphatic carbocycles. The molecule has 1 heterocycles. The van der Waals surface area contributed by atoms with Crippen molar-refractivity contribution in [3.05, 3.63) is 11.1 Å². The van der Waals surface area contributed by atoms with E-state index in [0.717, 1.165) is 17.6 Å². The van der Waals surface area contributed by atoms with Gasteiger partial charge < -0.3 is 5.32 Å². The van der Waals surface area contributed by atoms with Crippen molar-refractivity contribution >= 4 is 15.9 Å². The molecule has 76 valence electrons. The Labute approximate surface area is 89.5 Å². The minimum atomic E-state index is 0.701. The molecule has 1 aliphatic heterocycles. The summed E-state index contributed by atoms with van der Waals surface area (Å²) < 4.78 is 1.09. The van der Waals surface area contributed by atoms with Crippen molar-refractivity contribution in [1.29, 1.82) is 0 Å². The highest BCUT2D eigenvalue weighted by atomic mass is 79.9. The summed E-state index contributed by atoms with van der Waals surface area (Å²) in [5.41, 5.74) is 0. The first-order valence-corrected chi connectivity index (χ1v) is 5.80. The maximum Gasteiger partial charge on any atom is 0.0294 e. The molecule has 1 aliphatic rings. The smallest absolute Gasteiger partial charge is 0.0294 e. The average Bonchev–Trinajstić information content (AvgIpc) is 2.48. The van der Waals surface area contributed by atoms with Gasteiger partial charge in [0.25, 0.3) is 0 Å². The lowest BCUT2D eigenvalue weighted by atomic mass is 10.2. The zero-order valence-corrected chi connectivity index (χ0v) is 9.94. The number of hydrogen-bond donors (Lipinski definition) is 1. The van der Waals surface area contributed by atoms with E-state index >= 15 is 0 Å². The summed E-state index contributed by atoms with van der Waals surface area (Å²) in [5.74, 6) is 0. The van der Waals surface area contributed by atoms with E-state index in [0.29, 0.717) is 6.04 Å². The molecule has 0 spiro atoms. The Bertz CT molecular complexity index is 170. The van der Waals surface area contributed by atoms with E-state index in [2.05, 4.69) is 39.6 Å². The predicted molar refractivity (Wildman–Crippen MR) is 61.2 cm³/mol. The van der Waals surface area contributed by atoms with Crippen molar-refractivity contribution in [1.82, 2.24) is 10.2 Å². The molecule has 3 heteroatoms. The summed E-state index contributed by atoms with van der Waals surface area (Å²) in [4.78, 5) is 2.43. The molecule has 0 radical (unpaired) electrons. The van der Waals surface area contributed by atoms with E-state index in [1.165, 1.54) is 25.9 Å². The lowest BCUT2D eigenvalue weighted by molar-refractivity contribution is 0.361. The predicted octanol–water partition coefficient (Wildman–Crippen LogP) is 1.97. The van der Waals surface area contributed by atoms with Crippen molar-refractivity contribution in [3.63, 3.8) is 0 Å². The Kier molecular flexibility index (Phi) is 4.99. The van der Waals surface area contributed by atoms with E-state index in [4.69, 9.17) is 0 Å². The third kappa shape index (κ3) is 4.25. The molecule has 0 bridgehead atoms. The minimum absolute atomic E-state index is 0.701. The van der Waals surface area contributed by atoms with Gasteiger partial charge in [0, 0.05) is 30.2 Å². The summed E-state index contributed by atoms with van der Waals surface area (Å²) in [5, 5.41) is 3.55. The van der Waals surface area contributed by atoms with Crippen molar-refractivity contribution in [2.24, 2.45) is 0 Å². The fraction of sp³-hybridized carbons (Fsp3) is 0.800. The van der Waals surface area contributed by atoms with Crippen LogP contribution in [0, 0.1) is 0 Å².